The quantitative estimate of drug-likeness (QED) is 0.318. The average Bonchev–Trinajstić information content (AvgIpc) is 3.44. The van der Waals surface area contributed by atoms with Gasteiger partial charge in [-0.05, 0) is 70.6 Å². The molecule has 47 heavy (non-hydrogen) atoms. The van der Waals surface area contributed by atoms with Crippen molar-refractivity contribution < 1.29 is 45.8 Å². The van der Waals surface area contributed by atoms with E-state index in [0.717, 1.165) is 17.0 Å². The Balaban J connectivity index is 1.67. The fraction of sp³-hybridized carbons (Fsp3) is 0.562. The molecule has 1 N–H and O–H groups in total. The Bertz CT molecular complexity index is 1650. The van der Waals surface area contributed by atoms with Crippen molar-refractivity contribution in [1.29, 1.82) is 0 Å². The minimum atomic E-state index is -5.38. The van der Waals surface area contributed by atoms with Gasteiger partial charge in [0.05, 0.1) is 34.9 Å². The van der Waals surface area contributed by atoms with Crippen molar-refractivity contribution in [3.8, 4) is 0 Å². The van der Waals surface area contributed by atoms with E-state index in [1.807, 2.05) is 0 Å². The van der Waals surface area contributed by atoms with Crippen molar-refractivity contribution in [2.45, 2.75) is 76.4 Å². The van der Waals surface area contributed by atoms with Crippen LogP contribution in [-0.4, -0.2) is 73.2 Å². The molecule has 2 fully saturated rings. The molecular formula is C32H37F6N5O4. The number of alkyl halides is 6. The molecule has 0 spiro atoms. The Hall–Kier alpha value is -3.88. The number of aryl methyl sites for hydroxylation is 1. The third-order valence-electron chi connectivity index (χ3n) is 8.78. The number of aliphatic hydroxyl groups is 1. The zero-order chi connectivity index (χ0) is 34.5. The molecule has 256 valence electrons. The summed E-state index contributed by atoms with van der Waals surface area (Å²) in [5.74, 6) is -2.04. The summed E-state index contributed by atoms with van der Waals surface area (Å²) in [4.78, 5) is 36.4. The number of carbonyl (C=O) groups is 2. The number of nitrogens with zero attached hydrogens (tertiary/aromatic N) is 5. The molecule has 2 aromatic heterocycles. The molecule has 15 heteroatoms. The summed E-state index contributed by atoms with van der Waals surface area (Å²) in [5, 5.41) is 11.8. The lowest BCUT2D eigenvalue weighted by atomic mass is 9.73. The molecule has 0 saturated carbocycles. The van der Waals surface area contributed by atoms with Gasteiger partial charge in [-0.1, -0.05) is 6.07 Å². The highest BCUT2D eigenvalue weighted by molar-refractivity contribution is 6.02. The molecule has 5 rings (SSSR count). The minimum Gasteiger partial charge on any atom is -0.444 e. The number of ether oxygens (including phenoxy) is 1. The summed E-state index contributed by atoms with van der Waals surface area (Å²) in [7, 11) is 1.60. The van der Waals surface area contributed by atoms with Crippen molar-refractivity contribution in [1.82, 2.24) is 24.3 Å². The van der Waals surface area contributed by atoms with Gasteiger partial charge < -0.3 is 24.2 Å². The Morgan fingerprint density at radius 3 is 2.09 bits per heavy atom. The van der Waals surface area contributed by atoms with E-state index in [1.54, 1.807) is 27.8 Å². The van der Waals surface area contributed by atoms with Gasteiger partial charge in [-0.2, -0.15) is 26.3 Å². The number of pyridine rings is 1. The number of imidazole rings is 1. The summed E-state index contributed by atoms with van der Waals surface area (Å²) in [6, 6.07) is 3.22. The molecular weight excluding hydrogens is 632 g/mol. The molecule has 1 atom stereocenters. The molecule has 9 nitrogen and oxygen atoms in total. The van der Waals surface area contributed by atoms with Gasteiger partial charge in [0.25, 0.3) is 5.91 Å². The van der Waals surface area contributed by atoms with E-state index in [0.29, 0.717) is 19.3 Å². The number of carbonyl (C=O) groups excluding carboxylic acids is 2. The van der Waals surface area contributed by atoms with E-state index < -0.39 is 69.2 Å². The lowest BCUT2D eigenvalue weighted by molar-refractivity contribution is -0.145. The average molecular weight is 670 g/mol. The van der Waals surface area contributed by atoms with Crippen LogP contribution in [-0.2, 0) is 29.7 Å². The van der Waals surface area contributed by atoms with Gasteiger partial charge in [0.1, 0.15) is 11.2 Å². The van der Waals surface area contributed by atoms with Crippen LogP contribution in [0.3, 0.4) is 0 Å². The van der Waals surface area contributed by atoms with Crippen molar-refractivity contribution in [3.63, 3.8) is 0 Å². The van der Waals surface area contributed by atoms with Crippen LogP contribution in [0.15, 0.2) is 30.7 Å². The highest BCUT2D eigenvalue weighted by Crippen LogP contribution is 2.47. The van der Waals surface area contributed by atoms with Crippen LogP contribution in [0.2, 0.25) is 0 Å². The zero-order valence-electron chi connectivity index (χ0n) is 26.5. The Kier molecular flexibility index (Phi) is 9.01. The fourth-order valence-electron chi connectivity index (χ4n) is 6.59. The van der Waals surface area contributed by atoms with Crippen LogP contribution in [0.25, 0.3) is 10.9 Å². The molecule has 3 aromatic rings. The number of benzene rings is 1. The smallest absolute Gasteiger partial charge is 0.434 e. The number of hydrogen-bond donors (Lipinski definition) is 1. The van der Waals surface area contributed by atoms with Gasteiger partial charge in [0.2, 0.25) is 0 Å². The lowest BCUT2D eigenvalue weighted by Gasteiger charge is -2.42. The van der Waals surface area contributed by atoms with Crippen LogP contribution in [0.4, 0.5) is 31.1 Å². The number of halogens is 6. The van der Waals surface area contributed by atoms with Crippen molar-refractivity contribution in [2.24, 2.45) is 13.0 Å². The van der Waals surface area contributed by atoms with E-state index >= 15 is 0 Å². The summed E-state index contributed by atoms with van der Waals surface area (Å²) in [6.07, 6.45) is -6.48. The maximum absolute atomic E-state index is 14.9. The lowest BCUT2D eigenvalue weighted by Crippen LogP contribution is -2.47. The first kappa shape index (κ1) is 34.5. The standard InChI is InChI=1S/C32H37F6N5O4/c1-29(2,3)47-28(45)43-14-10-19(11-15-43)30(46,23-17-39-18-41(23)4)20-8-9-22-21(16-20)25(31(33,34)35)24(26(40-22)32(36,37)38)27(44)42-12-6-5-7-13-42/h8-9,16-19,46H,5-7,10-15H2,1-4H3. The molecule has 0 radical (unpaired) electrons. The second-order valence-corrected chi connectivity index (χ2v) is 13.2. The van der Waals surface area contributed by atoms with Crippen LogP contribution in [0.5, 0.6) is 0 Å². The molecule has 2 amide bonds. The molecule has 0 bridgehead atoms. The highest BCUT2D eigenvalue weighted by atomic mass is 19.4. The summed E-state index contributed by atoms with van der Waals surface area (Å²) in [6.45, 7) is 5.57. The van der Waals surface area contributed by atoms with Gasteiger partial charge in [0, 0.05) is 44.5 Å². The SMILES string of the molecule is Cn1cncc1C(O)(c1ccc2nc(C(F)(F)F)c(C(=O)N3CCCCC3)c(C(F)(F)F)c2c1)C1CCN(C(=O)OC(C)(C)C)CC1. The number of hydrogen-bond acceptors (Lipinski definition) is 6. The molecule has 4 heterocycles. The Morgan fingerprint density at radius 1 is 0.915 bits per heavy atom. The molecule has 0 aliphatic carbocycles. The predicted octanol–water partition coefficient (Wildman–Crippen LogP) is 6.52. The van der Waals surface area contributed by atoms with Crippen LogP contribution in [0, 0.1) is 5.92 Å². The number of likely N-dealkylation sites (tertiary alicyclic amines) is 2. The molecule has 1 aromatic carbocycles. The van der Waals surface area contributed by atoms with Crippen molar-refractivity contribution >= 4 is 22.9 Å². The predicted molar refractivity (Wildman–Crippen MR) is 158 cm³/mol. The van der Waals surface area contributed by atoms with Crippen LogP contribution in [0.1, 0.15) is 85.7 Å². The van der Waals surface area contributed by atoms with Gasteiger partial charge in [-0.25, -0.2) is 14.8 Å². The Labute approximate surface area is 267 Å². The van der Waals surface area contributed by atoms with Crippen molar-refractivity contribution in [2.75, 3.05) is 26.2 Å². The van der Waals surface area contributed by atoms with Gasteiger partial charge in [-0.3, -0.25) is 4.79 Å². The Morgan fingerprint density at radius 2 is 1.55 bits per heavy atom. The molecule has 2 aliphatic heterocycles. The summed E-state index contributed by atoms with van der Waals surface area (Å²) in [5.41, 5.74) is -8.38. The number of amides is 2. The van der Waals surface area contributed by atoms with Gasteiger partial charge in [-0.15, -0.1) is 0 Å². The largest absolute Gasteiger partial charge is 0.444 e. The van der Waals surface area contributed by atoms with Gasteiger partial charge in [0.15, 0.2) is 5.69 Å². The first-order valence-electron chi connectivity index (χ1n) is 15.4. The maximum Gasteiger partial charge on any atom is 0.434 e. The minimum absolute atomic E-state index is 0.0216. The highest BCUT2D eigenvalue weighted by Gasteiger charge is 2.49. The van der Waals surface area contributed by atoms with E-state index in [-0.39, 0.29) is 50.3 Å². The topological polar surface area (TPSA) is 101 Å². The first-order valence-corrected chi connectivity index (χ1v) is 15.4. The maximum atomic E-state index is 14.9. The monoisotopic (exact) mass is 669 g/mol. The van der Waals surface area contributed by atoms with Gasteiger partial charge >= 0.3 is 18.4 Å². The number of fused-ring (bicyclic) bond motifs is 1. The van der Waals surface area contributed by atoms with E-state index in [2.05, 4.69) is 9.97 Å². The number of aromatic nitrogens is 3. The third-order valence-corrected chi connectivity index (χ3v) is 8.78. The number of piperidine rings is 2. The van der Waals surface area contributed by atoms with Crippen molar-refractivity contribution in [3.05, 3.63) is 58.8 Å². The van der Waals surface area contributed by atoms with Crippen LogP contribution >= 0.6 is 0 Å². The second-order valence-electron chi connectivity index (χ2n) is 13.2. The van der Waals surface area contributed by atoms with Crippen LogP contribution < -0.4 is 0 Å². The molecule has 2 saturated heterocycles. The normalized spacial score (nSPS) is 18.4. The second kappa shape index (κ2) is 12.3. The number of rotatable bonds is 4. The van der Waals surface area contributed by atoms with E-state index in [9.17, 15) is 41.0 Å². The summed E-state index contributed by atoms with van der Waals surface area (Å²) < 4.78 is 94.7. The third kappa shape index (κ3) is 6.76. The summed E-state index contributed by atoms with van der Waals surface area (Å²) >= 11 is 0. The van der Waals surface area contributed by atoms with E-state index in [1.165, 1.54) is 28.1 Å². The first-order chi connectivity index (χ1) is 21.8. The molecule has 2 aliphatic rings. The zero-order valence-corrected chi connectivity index (χ0v) is 26.5. The fourth-order valence-corrected chi connectivity index (χ4v) is 6.59. The van der Waals surface area contributed by atoms with E-state index in [4.69, 9.17) is 4.74 Å². The molecule has 1 unspecified atom stereocenters.